The molecule has 0 aromatic rings. The molecule has 2 aliphatic carbocycles. The van der Waals surface area contributed by atoms with E-state index in [0.717, 1.165) is 25.7 Å². The maximum absolute atomic E-state index is 11.8. The van der Waals surface area contributed by atoms with Gasteiger partial charge in [-0.25, -0.2) is 0 Å². The van der Waals surface area contributed by atoms with E-state index in [9.17, 15) is 4.79 Å². The van der Waals surface area contributed by atoms with Crippen LogP contribution < -0.4 is 0 Å². The van der Waals surface area contributed by atoms with Crippen LogP contribution in [0.5, 0.6) is 0 Å². The summed E-state index contributed by atoms with van der Waals surface area (Å²) in [5.41, 5.74) is 3.26. The summed E-state index contributed by atoms with van der Waals surface area (Å²) in [7, 11) is 0. The topological polar surface area (TPSA) is 17.1 Å². The Morgan fingerprint density at radius 2 is 2.07 bits per heavy atom. The first-order valence-electron chi connectivity index (χ1n) is 5.75. The Hall–Kier alpha value is -0.590. The molecule has 2 atom stereocenters. The molecule has 0 heterocycles. The van der Waals surface area contributed by atoms with E-state index in [1.807, 2.05) is 0 Å². The van der Waals surface area contributed by atoms with Gasteiger partial charge in [-0.2, -0.15) is 0 Å². The van der Waals surface area contributed by atoms with Gasteiger partial charge in [0.2, 0.25) is 0 Å². The molecule has 0 aromatic carbocycles. The quantitative estimate of drug-likeness (QED) is 0.537. The Morgan fingerprint density at radius 3 is 2.71 bits per heavy atom. The fourth-order valence-electron chi connectivity index (χ4n) is 3.57. The smallest absolute Gasteiger partial charge is 0.136 e. The molecular formula is C13H20O. The zero-order chi connectivity index (χ0) is 10.3. The number of carbonyl (C=O) groups is 1. The van der Waals surface area contributed by atoms with Gasteiger partial charge in [0.25, 0.3) is 0 Å². The molecule has 0 bridgehead atoms. The maximum Gasteiger partial charge on any atom is 0.136 e. The molecule has 0 aromatic heterocycles. The van der Waals surface area contributed by atoms with Gasteiger partial charge in [0.05, 0.1) is 0 Å². The summed E-state index contributed by atoms with van der Waals surface area (Å²) >= 11 is 0. The van der Waals surface area contributed by atoms with E-state index in [0.29, 0.717) is 11.7 Å². The molecule has 0 aliphatic heterocycles. The van der Waals surface area contributed by atoms with E-state index < -0.39 is 0 Å². The lowest BCUT2D eigenvalue weighted by Crippen LogP contribution is -2.34. The SMILES string of the molecule is CC(C)=C1CC[C@H]2C(=O)CCCC12C. The van der Waals surface area contributed by atoms with Crippen molar-refractivity contribution < 1.29 is 4.79 Å². The zero-order valence-electron chi connectivity index (χ0n) is 9.52. The van der Waals surface area contributed by atoms with Crippen molar-refractivity contribution in [1.82, 2.24) is 0 Å². The van der Waals surface area contributed by atoms with E-state index in [4.69, 9.17) is 0 Å². The Labute approximate surface area is 86.6 Å². The first kappa shape index (κ1) is 9.95. The third kappa shape index (κ3) is 1.25. The number of hydrogen-bond donors (Lipinski definition) is 0. The summed E-state index contributed by atoms with van der Waals surface area (Å²) in [4.78, 5) is 11.8. The summed E-state index contributed by atoms with van der Waals surface area (Å²) in [5.74, 6) is 0.871. The number of carbonyl (C=O) groups excluding carboxylic acids is 1. The predicted molar refractivity (Wildman–Crippen MR) is 58.1 cm³/mol. The standard InChI is InChI=1S/C13H20O/c1-9(2)10-6-7-11-12(14)5-4-8-13(10,11)3/h11H,4-8H2,1-3H3/t11-,13?/m0/s1. The minimum atomic E-state index is 0.230. The Bertz CT molecular complexity index is 296. The van der Waals surface area contributed by atoms with Gasteiger partial charge >= 0.3 is 0 Å². The number of ketones is 1. The number of fused-ring (bicyclic) bond motifs is 1. The lowest BCUT2D eigenvalue weighted by Gasteiger charge is -2.37. The van der Waals surface area contributed by atoms with Crippen LogP contribution in [0.15, 0.2) is 11.1 Å². The lowest BCUT2D eigenvalue weighted by molar-refractivity contribution is -0.127. The van der Waals surface area contributed by atoms with Crippen molar-refractivity contribution >= 4 is 5.78 Å². The number of Topliss-reactive ketones (excluding diaryl/α,β-unsaturated/α-hetero) is 1. The summed E-state index contributed by atoms with van der Waals surface area (Å²) in [6.07, 6.45) is 5.42. The Morgan fingerprint density at radius 1 is 1.36 bits per heavy atom. The molecule has 2 rings (SSSR count). The first-order chi connectivity index (χ1) is 6.55. The van der Waals surface area contributed by atoms with Crippen LogP contribution in [0.2, 0.25) is 0 Å². The fraction of sp³-hybridized carbons (Fsp3) is 0.769. The largest absolute Gasteiger partial charge is 0.299 e. The predicted octanol–water partition coefficient (Wildman–Crippen LogP) is 3.49. The minimum Gasteiger partial charge on any atom is -0.299 e. The van der Waals surface area contributed by atoms with Gasteiger partial charge < -0.3 is 0 Å². The van der Waals surface area contributed by atoms with Gasteiger partial charge in [0, 0.05) is 12.3 Å². The summed E-state index contributed by atoms with van der Waals surface area (Å²) in [6, 6.07) is 0. The average molecular weight is 192 g/mol. The summed E-state index contributed by atoms with van der Waals surface area (Å²) in [5, 5.41) is 0. The molecule has 0 amide bonds. The molecule has 2 fully saturated rings. The molecule has 1 nitrogen and oxygen atoms in total. The fourth-order valence-corrected chi connectivity index (χ4v) is 3.57. The van der Waals surface area contributed by atoms with Crippen LogP contribution in [-0.2, 0) is 4.79 Å². The molecule has 78 valence electrons. The highest BCUT2D eigenvalue weighted by Gasteiger charge is 2.48. The second kappa shape index (κ2) is 3.22. The highest BCUT2D eigenvalue weighted by atomic mass is 16.1. The second-order valence-electron chi connectivity index (χ2n) is 5.31. The molecule has 0 radical (unpaired) electrons. The van der Waals surface area contributed by atoms with Gasteiger partial charge in [-0.1, -0.05) is 18.1 Å². The van der Waals surface area contributed by atoms with Crippen molar-refractivity contribution in [1.29, 1.82) is 0 Å². The third-order valence-electron chi connectivity index (χ3n) is 4.25. The Balaban J connectivity index is 2.39. The van der Waals surface area contributed by atoms with Crippen LogP contribution in [0.3, 0.4) is 0 Å². The van der Waals surface area contributed by atoms with Crippen molar-refractivity contribution in [3.8, 4) is 0 Å². The average Bonchev–Trinajstić information content (AvgIpc) is 2.43. The summed E-state index contributed by atoms with van der Waals surface area (Å²) in [6.45, 7) is 6.70. The molecule has 2 aliphatic rings. The van der Waals surface area contributed by atoms with E-state index >= 15 is 0 Å². The van der Waals surface area contributed by atoms with E-state index in [1.165, 1.54) is 12.0 Å². The van der Waals surface area contributed by atoms with E-state index in [1.54, 1.807) is 5.57 Å². The van der Waals surface area contributed by atoms with Crippen LogP contribution in [0.1, 0.15) is 52.9 Å². The van der Waals surface area contributed by atoms with E-state index in [2.05, 4.69) is 20.8 Å². The van der Waals surface area contributed by atoms with Crippen LogP contribution in [0.4, 0.5) is 0 Å². The molecule has 2 saturated carbocycles. The van der Waals surface area contributed by atoms with Crippen LogP contribution in [0, 0.1) is 11.3 Å². The number of rotatable bonds is 0. The van der Waals surface area contributed by atoms with Gasteiger partial charge in [-0.15, -0.1) is 0 Å². The van der Waals surface area contributed by atoms with Crippen molar-refractivity contribution in [3.05, 3.63) is 11.1 Å². The summed E-state index contributed by atoms with van der Waals surface area (Å²) < 4.78 is 0. The molecule has 0 spiro atoms. The van der Waals surface area contributed by atoms with Crippen molar-refractivity contribution in [3.63, 3.8) is 0 Å². The van der Waals surface area contributed by atoms with Gasteiger partial charge in [0.15, 0.2) is 0 Å². The molecule has 0 saturated heterocycles. The normalized spacial score (nSPS) is 37.2. The van der Waals surface area contributed by atoms with Crippen LogP contribution in [-0.4, -0.2) is 5.78 Å². The second-order valence-corrected chi connectivity index (χ2v) is 5.31. The molecule has 1 unspecified atom stereocenters. The third-order valence-corrected chi connectivity index (χ3v) is 4.25. The highest BCUT2D eigenvalue weighted by Crippen LogP contribution is 2.54. The highest BCUT2D eigenvalue weighted by molar-refractivity contribution is 5.84. The monoisotopic (exact) mass is 192 g/mol. The van der Waals surface area contributed by atoms with Gasteiger partial charge in [0.1, 0.15) is 5.78 Å². The van der Waals surface area contributed by atoms with Crippen molar-refractivity contribution in [2.24, 2.45) is 11.3 Å². The minimum absolute atomic E-state index is 0.230. The van der Waals surface area contributed by atoms with Crippen LogP contribution >= 0.6 is 0 Å². The molecule has 0 N–H and O–H groups in total. The lowest BCUT2D eigenvalue weighted by atomic mass is 9.66. The van der Waals surface area contributed by atoms with Crippen LogP contribution in [0.25, 0.3) is 0 Å². The Kier molecular flexibility index (Phi) is 2.29. The maximum atomic E-state index is 11.8. The van der Waals surface area contributed by atoms with E-state index in [-0.39, 0.29) is 5.41 Å². The van der Waals surface area contributed by atoms with Gasteiger partial charge in [-0.05, 0) is 44.9 Å². The van der Waals surface area contributed by atoms with Crippen molar-refractivity contribution in [2.45, 2.75) is 52.9 Å². The van der Waals surface area contributed by atoms with Crippen molar-refractivity contribution in [2.75, 3.05) is 0 Å². The number of hydrogen-bond acceptors (Lipinski definition) is 1. The molecule has 1 heteroatoms. The number of allylic oxidation sites excluding steroid dienone is 2. The molecular weight excluding hydrogens is 172 g/mol. The molecule has 14 heavy (non-hydrogen) atoms. The zero-order valence-corrected chi connectivity index (χ0v) is 9.52. The van der Waals surface area contributed by atoms with Gasteiger partial charge in [-0.3, -0.25) is 4.79 Å². The first-order valence-corrected chi connectivity index (χ1v) is 5.75.